The molecule has 18 heavy (non-hydrogen) atoms. The average Bonchev–Trinajstić information content (AvgIpc) is 2.27. The van der Waals surface area contributed by atoms with E-state index in [2.05, 4.69) is 15.9 Å². The first kappa shape index (κ1) is 15.2. The van der Waals surface area contributed by atoms with Crippen molar-refractivity contribution in [3.05, 3.63) is 35.4 Å². The van der Waals surface area contributed by atoms with Crippen LogP contribution in [0.4, 0.5) is 13.2 Å². The summed E-state index contributed by atoms with van der Waals surface area (Å²) in [4.78, 5) is 11.2. The lowest BCUT2D eigenvalue weighted by Crippen LogP contribution is -2.22. The van der Waals surface area contributed by atoms with Crippen molar-refractivity contribution < 1.29 is 18.0 Å². The zero-order chi connectivity index (χ0) is 13.9. The van der Waals surface area contributed by atoms with Gasteiger partial charge in [0.25, 0.3) is 0 Å². The van der Waals surface area contributed by atoms with Crippen LogP contribution in [0, 0.1) is 5.92 Å². The minimum absolute atomic E-state index is 0.00703. The van der Waals surface area contributed by atoms with E-state index < -0.39 is 16.6 Å². The monoisotopic (exact) mass is 322 g/mol. The van der Waals surface area contributed by atoms with Crippen molar-refractivity contribution in [2.24, 2.45) is 5.92 Å². The topological polar surface area (TPSA) is 17.1 Å². The van der Waals surface area contributed by atoms with Gasteiger partial charge in [-0.3, -0.25) is 4.79 Å². The smallest absolute Gasteiger partial charge is 0.298 e. The van der Waals surface area contributed by atoms with Gasteiger partial charge in [-0.1, -0.05) is 48.0 Å². The summed E-state index contributed by atoms with van der Waals surface area (Å²) < 4.78 is 37.5. The van der Waals surface area contributed by atoms with Gasteiger partial charge in [0.05, 0.1) is 10.4 Å². The molecule has 100 valence electrons. The first-order chi connectivity index (χ1) is 8.21. The maximum atomic E-state index is 12.5. The van der Waals surface area contributed by atoms with E-state index in [1.807, 2.05) is 0 Å². The summed E-state index contributed by atoms with van der Waals surface area (Å²) in [5.74, 6) is -0.146. The van der Waals surface area contributed by atoms with Crippen LogP contribution in [-0.4, -0.2) is 10.6 Å². The lowest BCUT2D eigenvalue weighted by Gasteiger charge is -2.13. The Hall–Kier alpha value is -0.840. The molecule has 0 radical (unpaired) electrons. The predicted molar refractivity (Wildman–Crippen MR) is 67.7 cm³/mol. The number of carbonyl (C=O) groups is 1. The zero-order valence-corrected chi connectivity index (χ0v) is 11.7. The Kier molecular flexibility index (Phi) is 4.96. The summed E-state index contributed by atoms with van der Waals surface area (Å²) in [5.41, 5.74) is -0.183. The molecule has 1 atom stereocenters. The van der Waals surface area contributed by atoms with E-state index in [4.69, 9.17) is 0 Å². The van der Waals surface area contributed by atoms with Gasteiger partial charge in [-0.15, -0.1) is 0 Å². The van der Waals surface area contributed by atoms with Crippen LogP contribution in [-0.2, 0) is 17.4 Å². The third-order valence-electron chi connectivity index (χ3n) is 2.55. The fourth-order valence-corrected chi connectivity index (χ4v) is 2.45. The number of alkyl halides is 4. The van der Waals surface area contributed by atoms with Crippen LogP contribution in [0.2, 0.25) is 0 Å². The summed E-state index contributed by atoms with van der Waals surface area (Å²) in [6.45, 7) is 3.53. The number of halogens is 4. The van der Waals surface area contributed by atoms with Crippen molar-refractivity contribution >= 4 is 21.7 Å². The van der Waals surface area contributed by atoms with Gasteiger partial charge in [-0.25, -0.2) is 0 Å². The number of hydrogen-bond donors (Lipinski definition) is 0. The van der Waals surface area contributed by atoms with E-state index in [-0.39, 0.29) is 18.1 Å². The minimum Gasteiger partial charge on any atom is -0.298 e. The molecule has 1 unspecified atom stereocenters. The molecule has 5 heteroatoms. The molecular weight excluding hydrogens is 309 g/mol. The molecule has 0 N–H and O–H groups in total. The first-order valence-electron chi connectivity index (χ1n) is 5.55. The number of benzene rings is 1. The van der Waals surface area contributed by atoms with Crippen LogP contribution < -0.4 is 0 Å². The Bertz CT molecular complexity index is 426. The molecule has 1 aromatic carbocycles. The molecule has 1 aromatic rings. The van der Waals surface area contributed by atoms with E-state index >= 15 is 0 Å². The van der Waals surface area contributed by atoms with E-state index in [9.17, 15) is 18.0 Å². The lowest BCUT2D eigenvalue weighted by atomic mass is 10.00. The summed E-state index contributed by atoms with van der Waals surface area (Å²) in [7, 11) is 0. The number of rotatable bonds is 4. The van der Waals surface area contributed by atoms with Crippen LogP contribution in [0.25, 0.3) is 0 Å². The van der Waals surface area contributed by atoms with Gasteiger partial charge in [0.15, 0.2) is 0 Å². The van der Waals surface area contributed by atoms with E-state index in [1.165, 1.54) is 6.07 Å². The normalized spacial score (nSPS) is 13.7. The van der Waals surface area contributed by atoms with Gasteiger partial charge in [-0.05, 0) is 18.1 Å². The third kappa shape index (κ3) is 4.12. The molecule has 0 spiro atoms. The second kappa shape index (κ2) is 5.87. The molecule has 0 aliphatic heterocycles. The molecule has 0 bridgehead atoms. The van der Waals surface area contributed by atoms with Crippen molar-refractivity contribution in [3.63, 3.8) is 0 Å². The Morgan fingerprint density at radius 2 is 1.94 bits per heavy atom. The number of hydrogen-bond acceptors (Lipinski definition) is 1. The van der Waals surface area contributed by atoms with Crippen molar-refractivity contribution in [2.45, 2.75) is 31.3 Å². The SMILES string of the molecule is CC(C)C(=O)C(Br)Cc1cccc(C(F)(F)F)c1. The highest BCUT2D eigenvalue weighted by molar-refractivity contribution is 9.10. The quantitative estimate of drug-likeness (QED) is 0.758. The first-order valence-corrected chi connectivity index (χ1v) is 6.47. The molecule has 1 rings (SSSR count). The molecule has 0 fully saturated rings. The molecule has 0 saturated carbocycles. The Morgan fingerprint density at radius 3 is 2.44 bits per heavy atom. The Balaban J connectivity index is 2.83. The maximum absolute atomic E-state index is 12.5. The molecule has 0 aliphatic rings. The lowest BCUT2D eigenvalue weighted by molar-refractivity contribution is -0.137. The molecule has 0 aliphatic carbocycles. The van der Waals surface area contributed by atoms with Gasteiger partial charge in [0.1, 0.15) is 5.78 Å². The number of ketones is 1. The molecule has 1 nitrogen and oxygen atoms in total. The van der Waals surface area contributed by atoms with Gasteiger partial charge in [0, 0.05) is 5.92 Å². The van der Waals surface area contributed by atoms with E-state index in [0.717, 1.165) is 12.1 Å². The van der Waals surface area contributed by atoms with Gasteiger partial charge < -0.3 is 0 Å². The third-order valence-corrected chi connectivity index (χ3v) is 3.32. The molecule has 0 saturated heterocycles. The van der Waals surface area contributed by atoms with E-state index in [1.54, 1.807) is 19.9 Å². The standard InChI is InChI=1S/C13H14BrF3O/c1-8(2)12(18)11(14)7-9-4-3-5-10(6-9)13(15,16)17/h3-6,8,11H,7H2,1-2H3. The maximum Gasteiger partial charge on any atom is 0.416 e. The minimum atomic E-state index is -4.35. The van der Waals surface area contributed by atoms with Crippen molar-refractivity contribution in [2.75, 3.05) is 0 Å². The summed E-state index contributed by atoms with van der Waals surface area (Å²) in [6, 6.07) is 5.06. The Labute approximate surface area is 113 Å². The second-order valence-electron chi connectivity index (χ2n) is 4.43. The summed E-state index contributed by atoms with van der Waals surface area (Å²) in [5, 5.41) is 0. The van der Waals surface area contributed by atoms with Crippen LogP contribution in [0.1, 0.15) is 25.0 Å². The van der Waals surface area contributed by atoms with Crippen molar-refractivity contribution in [1.82, 2.24) is 0 Å². The van der Waals surface area contributed by atoms with Gasteiger partial charge in [-0.2, -0.15) is 13.2 Å². The van der Waals surface area contributed by atoms with Crippen LogP contribution in [0.5, 0.6) is 0 Å². The fraction of sp³-hybridized carbons (Fsp3) is 0.462. The molecular formula is C13H14BrF3O. The highest BCUT2D eigenvalue weighted by atomic mass is 79.9. The van der Waals surface area contributed by atoms with Gasteiger partial charge >= 0.3 is 6.18 Å². The number of Topliss-reactive ketones (excluding diaryl/α,β-unsaturated/α-hetero) is 1. The summed E-state index contributed by atoms with van der Waals surface area (Å²) >= 11 is 3.22. The average molecular weight is 323 g/mol. The van der Waals surface area contributed by atoms with Gasteiger partial charge in [0.2, 0.25) is 0 Å². The molecule has 0 amide bonds. The summed E-state index contributed by atoms with van der Waals surface area (Å²) in [6.07, 6.45) is -4.08. The number of carbonyl (C=O) groups excluding carboxylic acids is 1. The highest BCUT2D eigenvalue weighted by Gasteiger charge is 2.30. The van der Waals surface area contributed by atoms with Crippen molar-refractivity contribution in [1.29, 1.82) is 0 Å². The molecule has 0 aromatic heterocycles. The Morgan fingerprint density at radius 1 is 1.33 bits per heavy atom. The largest absolute Gasteiger partial charge is 0.416 e. The van der Waals surface area contributed by atoms with Crippen LogP contribution >= 0.6 is 15.9 Å². The van der Waals surface area contributed by atoms with Crippen LogP contribution in [0.3, 0.4) is 0 Å². The van der Waals surface area contributed by atoms with Crippen molar-refractivity contribution in [3.8, 4) is 0 Å². The fourth-order valence-electron chi connectivity index (χ4n) is 1.54. The zero-order valence-electron chi connectivity index (χ0n) is 10.1. The predicted octanol–water partition coefficient (Wildman–Crippen LogP) is 4.24. The molecule has 0 heterocycles. The van der Waals surface area contributed by atoms with Crippen LogP contribution in [0.15, 0.2) is 24.3 Å². The second-order valence-corrected chi connectivity index (χ2v) is 5.53. The van der Waals surface area contributed by atoms with E-state index in [0.29, 0.717) is 5.56 Å². The highest BCUT2D eigenvalue weighted by Crippen LogP contribution is 2.30.